The molecule has 0 aromatic carbocycles. The number of carbonyl (C=O) groups is 1. The minimum atomic E-state index is -0.589. The van der Waals surface area contributed by atoms with Crippen molar-refractivity contribution in [3.05, 3.63) is 0 Å². The molecule has 0 aromatic rings. The summed E-state index contributed by atoms with van der Waals surface area (Å²) in [6.07, 6.45) is 1.80. The van der Waals surface area contributed by atoms with Crippen molar-refractivity contribution in [2.24, 2.45) is 0 Å². The maximum absolute atomic E-state index is 12.3. The Kier molecular flexibility index (Phi) is 7.63. The topological polar surface area (TPSA) is 44.8 Å². The highest BCUT2D eigenvalue weighted by atomic mass is 16.5. The van der Waals surface area contributed by atoms with Crippen LogP contribution in [0.25, 0.3) is 0 Å². The molecule has 0 amide bonds. The lowest BCUT2D eigenvalue weighted by atomic mass is 9.92. The largest absolute Gasteiger partial charge is 0.465 e. The molecule has 2 unspecified atom stereocenters. The van der Waals surface area contributed by atoms with Crippen LogP contribution in [0.1, 0.15) is 40.5 Å². The van der Waals surface area contributed by atoms with Gasteiger partial charge >= 0.3 is 5.97 Å². The Bertz CT molecular complexity index is 317. The molecule has 124 valence electrons. The van der Waals surface area contributed by atoms with Crippen LogP contribution in [0.2, 0.25) is 0 Å². The van der Waals surface area contributed by atoms with Crippen LogP contribution in [0.3, 0.4) is 0 Å². The van der Waals surface area contributed by atoms with Crippen LogP contribution in [0.4, 0.5) is 0 Å². The van der Waals surface area contributed by atoms with Gasteiger partial charge in [-0.05, 0) is 47.2 Å². The van der Waals surface area contributed by atoms with E-state index < -0.39 is 5.54 Å². The summed E-state index contributed by atoms with van der Waals surface area (Å²) in [5.41, 5.74) is -0.589. The van der Waals surface area contributed by atoms with E-state index in [2.05, 4.69) is 36.0 Å². The summed E-state index contributed by atoms with van der Waals surface area (Å²) in [6, 6.07) is 0.373. The van der Waals surface area contributed by atoms with Gasteiger partial charge in [0.05, 0.1) is 6.61 Å². The van der Waals surface area contributed by atoms with Gasteiger partial charge in [0.15, 0.2) is 0 Å². The minimum absolute atomic E-state index is 0.126. The third-order valence-electron chi connectivity index (χ3n) is 4.36. The van der Waals surface area contributed by atoms with Crippen LogP contribution >= 0.6 is 0 Å². The quantitative estimate of drug-likeness (QED) is 0.685. The highest BCUT2D eigenvalue weighted by molar-refractivity contribution is 5.80. The number of piperazine rings is 1. The first kappa shape index (κ1) is 18.4. The van der Waals surface area contributed by atoms with Crippen molar-refractivity contribution in [3.8, 4) is 0 Å². The van der Waals surface area contributed by atoms with Crippen molar-refractivity contribution in [2.45, 2.75) is 52.1 Å². The molecule has 0 bridgehead atoms. The average molecular weight is 299 g/mol. The fourth-order valence-electron chi connectivity index (χ4n) is 2.90. The van der Waals surface area contributed by atoms with Crippen LogP contribution in [-0.2, 0) is 9.53 Å². The molecule has 0 saturated carbocycles. The van der Waals surface area contributed by atoms with Gasteiger partial charge in [-0.1, -0.05) is 6.92 Å². The van der Waals surface area contributed by atoms with Crippen molar-refractivity contribution in [1.82, 2.24) is 15.1 Å². The van der Waals surface area contributed by atoms with E-state index in [4.69, 9.17) is 4.74 Å². The number of rotatable bonds is 8. The molecular weight excluding hydrogens is 266 g/mol. The second-order valence-corrected chi connectivity index (χ2v) is 6.37. The van der Waals surface area contributed by atoms with Gasteiger partial charge < -0.3 is 15.0 Å². The third-order valence-corrected chi connectivity index (χ3v) is 4.36. The Labute approximate surface area is 130 Å². The Morgan fingerprint density at radius 2 is 1.90 bits per heavy atom. The molecule has 1 rings (SSSR count). The van der Waals surface area contributed by atoms with Crippen molar-refractivity contribution in [3.63, 3.8) is 0 Å². The van der Waals surface area contributed by atoms with Gasteiger partial charge in [-0.2, -0.15) is 0 Å². The Morgan fingerprint density at radius 3 is 2.43 bits per heavy atom. The van der Waals surface area contributed by atoms with Gasteiger partial charge in [0.1, 0.15) is 5.54 Å². The molecule has 1 fully saturated rings. The minimum Gasteiger partial charge on any atom is -0.465 e. The molecule has 2 atom stereocenters. The van der Waals surface area contributed by atoms with E-state index in [-0.39, 0.29) is 5.97 Å². The van der Waals surface area contributed by atoms with E-state index in [1.807, 2.05) is 13.8 Å². The third kappa shape index (κ3) is 5.57. The molecule has 1 heterocycles. The molecule has 0 aliphatic carbocycles. The van der Waals surface area contributed by atoms with E-state index in [9.17, 15) is 4.79 Å². The van der Waals surface area contributed by atoms with Gasteiger partial charge in [-0.15, -0.1) is 0 Å². The molecule has 21 heavy (non-hydrogen) atoms. The zero-order chi connectivity index (χ0) is 15.9. The molecule has 5 nitrogen and oxygen atoms in total. The number of likely N-dealkylation sites (N-methyl/N-ethyl adjacent to an activating group) is 1. The zero-order valence-corrected chi connectivity index (χ0v) is 14.4. The average Bonchev–Trinajstić information content (AvgIpc) is 2.46. The monoisotopic (exact) mass is 299 g/mol. The molecule has 1 saturated heterocycles. The number of esters is 1. The predicted molar refractivity (Wildman–Crippen MR) is 86.5 cm³/mol. The maximum Gasteiger partial charge on any atom is 0.326 e. The number of nitrogens with zero attached hydrogens (tertiary/aromatic N) is 2. The smallest absolute Gasteiger partial charge is 0.326 e. The predicted octanol–water partition coefficient (Wildman–Crippen LogP) is 1.33. The summed E-state index contributed by atoms with van der Waals surface area (Å²) >= 11 is 0. The van der Waals surface area contributed by atoms with Gasteiger partial charge in [0.2, 0.25) is 0 Å². The molecule has 1 N–H and O–H groups in total. The number of hydrogen-bond donors (Lipinski definition) is 1. The Hall–Kier alpha value is -0.650. The van der Waals surface area contributed by atoms with E-state index in [0.29, 0.717) is 12.6 Å². The second kappa shape index (κ2) is 8.71. The lowest BCUT2D eigenvalue weighted by Gasteiger charge is -2.40. The second-order valence-electron chi connectivity index (χ2n) is 6.37. The van der Waals surface area contributed by atoms with Crippen LogP contribution in [-0.4, -0.2) is 73.7 Å². The van der Waals surface area contributed by atoms with Gasteiger partial charge in [0, 0.05) is 32.2 Å². The fourth-order valence-corrected chi connectivity index (χ4v) is 2.90. The van der Waals surface area contributed by atoms with Crippen molar-refractivity contribution < 1.29 is 9.53 Å². The lowest BCUT2D eigenvalue weighted by molar-refractivity contribution is -0.151. The van der Waals surface area contributed by atoms with Gasteiger partial charge in [-0.3, -0.25) is 9.69 Å². The summed E-state index contributed by atoms with van der Waals surface area (Å²) < 4.78 is 5.28. The van der Waals surface area contributed by atoms with Crippen LogP contribution < -0.4 is 5.32 Å². The van der Waals surface area contributed by atoms with Crippen molar-refractivity contribution in [1.29, 1.82) is 0 Å². The summed E-state index contributed by atoms with van der Waals surface area (Å²) in [4.78, 5) is 17.2. The summed E-state index contributed by atoms with van der Waals surface area (Å²) in [5, 5.41) is 3.40. The summed E-state index contributed by atoms with van der Waals surface area (Å²) in [6.45, 7) is 13.8. The lowest BCUT2D eigenvalue weighted by Crippen LogP contribution is -2.56. The van der Waals surface area contributed by atoms with Crippen LogP contribution in [0.15, 0.2) is 0 Å². The first-order valence-electron chi connectivity index (χ1n) is 8.27. The van der Waals surface area contributed by atoms with E-state index in [0.717, 1.165) is 45.6 Å². The first-order valence-corrected chi connectivity index (χ1v) is 8.27. The number of carbonyl (C=O) groups excluding carboxylic acids is 1. The Balaban J connectivity index is 2.64. The molecule has 0 aromatic heterocycles. The van der Waals surface area contributed by atoms with Crippen molar-refractivity contribution >= 4 is 5.97 Å². The number of hydrogen-bond acceptors (Lipinski definition) is 5. The van der Waals surface area contributed by atoms with Crippen molar-refractivity contribution in [2.75, 3.05) is 46.4 Å². The van der Waals surface area contributed by atoms with Gasteiger partial charge in [0.25, 0.3) is 0 Å². The fraction of sp³-hybridized carbons (Fsp3) is 0.938. The first-order chi connectivity index (χ1) is 9.92. The molecule has 1 aliphatic heterocycles. The highest BCUT2D eigenvalue weighted by Gasteiger charge is 2.37. The van der Waals surface area contributed by atoms with E-state index in [1.54, 1.807) is 0 Å². The van der Waals surface area contributed by atoms with Crippen LogP contribution in [0.5, 0.6) is 0 Å². The molecule has 5 heteroatoms. The number of ether oxygens (including phenoxy) is 1. The van der Waals surface area contributed by atoms with E-state index in [1.165, 1.54) is 0 Å². The zero-order valence-electron chi connectivity index (χ0n) is 14.4. The molecular formula is C16H33N3O2. The molecule has 0 spiro atoms. The standard InChI is InChI=1S/C16H33N3O2/c1-6-8-17-16(4,15(20)21-7-2)13-14(3)19-11-9-18(5)10-12-19/h14,17H,6-13H2,1-5H3. The molecule has 1 aliphatic rings. The summed E-state index contributed by atoms with van der Waals surface area (Å²) in [7, 11) is 2.16. The number of nitrogens with one attached hydrogen (secondary N) is 1. The summed E-state index contributed by atoms with van der Waals surface area (Å²) in [5.74, 6) is -0.126. The normalized spacial score (nSPS) is 21.8. The maximum atomic E-state index is 12.3. The highest BCUT2D eigenvalue weighted by Crippen LogP contribution is 2.19. The Morgan fingerprint density at radius 1 is 1.29 bits per heavy atom. The van der Waals surface area contributed by atoms with Gasteiger partial charge in [-0.25, -0.2) is 0 Å². The van der Waals surface area contributed by atoms with Crippen LogP contribution in [0, 0.1) is 0 Å². The van der Waals surface area contributed by atoms with E-state index >= 15 is 0 Å². The SMILES string of the molecule is CCCNC(C)(CC(C)N1CCN(C)CC1)C(=O)OCC. The molecule has 0 radical (unpaired) electrons.